The molecule has 0 aliphatic rings. The number of aromatic nitrogens is 1. The average Bonchev–Trinajstić information content (AvgIpc) is 2.54. The monoisotopic (exact) mass is 292 g/mol. The summed E-state index contributed by atoms with van der Waals surface area (Å²) in [5, 5.41) is 4.88. The number of amides is 1. The van der Waals surface area contributed by atoms with Gasteiger partial charge in [-0.2, -0.15) is 0 Å². The molecule has 2 aromatic carbocycles. The third kappa shape index (κ3) is 2.63. The lowest BCUT2D eigenvalue weighted by Gasteiger charge is -2.06. The fourth-order valence-corrected chi connectivity index (χ4v) is 2.43. The van der Waals surface area contributed by atoms with Crippen LogP contribution in [0.25, 0.3) is 22.0 Å². The molecule has 2 N–H and O–H groups in total. The van der Waals surface area contributed by atoms with E-state index < -0.39 is 0 Å². The molecule has 0 saturated heterocycles. The molecule has 3 aromatic rings. The first-order chi connectivity index (χ1) is 10.7. The van der Waals surface area contributed by atoms with Crippen molar-refractivity contribution in [2.45, 2.75) is 6.92 Å². The van der Waals surface area contributed by atoms with Crippen LogP contribution in [-0.4, -0.2) is 17.4 Å². The van der Waals surface area contributed by atoms with Crippen molar-refractivity contribution in [2.75, 3.05) is 6.54 Å². The fourth-order valence-electron chi connectivity index (χ4n) is 2.43. The van der Waals surface area contributed by atoms with Crippen molar-refractivity contribution in [3.05, 3.63) is 70.5 Å². The summed E-state index contributed by atoms with van der Waals surface area (Å²) in [5.74, 6) is -0.353. The van der Waals surface area contributed by atoms with Gasteiger partial charge in [0.05, 0.1) is 0 Å². The van der Waals surface area contributed by atoms with Gasteiger partial charge in [0.1, 0.15) is 5.56 Å². The number of pyridine rings is 1. The molecule has 4 heteroatoms. The smallest absolute Gasteiger partial charge is 0.261 e. The van der Waals surface area contributed by atoms with Gasteiger partial charge in [0, 0.05) is 12.2 Å². The molecule has 4 nitrogen and oxygen atoms in total. The summed E-state index contributed by atoms with van der Waals surface area (Å²) in [6, 6.07) is 17.4. The normalized spacial score (nSPS) is 10.6. The number of H-pyrrole nitrogens is 1. The minimum Gasteiger partial charge on any atom is -0.352 e. The van der Waals surface area contributed by atoms with Gasteiger partial charge < -0.3 is 10.3 Å². The summed E-state index contributed by atoms with van der Waals surface area (Å²) in [6.07, 6.45) is 0. The van der Waals surface area contributed by atoms with E-state index in [0.29, 0.717) is 12.2 Å². The van der Waals surface area contributed by atoms with Gasteiger partial charge in [0.25, 0.3) is 11.5 Å². The van der Waals surface area contributed by atoms with E-state index in [1.54, 1.807) is 12.1 Å². The van der Waals surface area contributed by atoms with Crippen molar-refractivity contribution in [1.29, 1.82) is 0 Å². The van der Waals surface area contributed by atoms with Crippen LogP contribution in [0, 0.1) is 0 Å². The number of fused-ring (bicyclic) bond motifs is 1. The molecule has 0 radical (unpaired) electrons. The van der Waals surface area contributed by atoms with E-state index in [1.807, 2.05) is 49.4 Å². The highest BCUT2D eigenvalue weighted by molar-refractivity contribution is 5.94. The van der Waals surface area contributed by atoms with Crippen LogP contribution in [0.3, 0.4) is 0 Å². The minimum absolute atomic E-state index is 0.131. The Morgan fingerprint density at radius 3 is 2.55 bits per heavy atom. The van der Waals surface area contributed by atoms with Crippen LogP contribution in [0.2, 0.25) is 0 Å². The zero-order valence-corrected chi connectivity index (χ0v) is 12.2. The number of aromatic amines is 1. The van der Waals surface area contributed by atoms with Gasteiger partial charge in [0.15, 0.2) is 0 Å². The highest BCUT2D eigenvalue weighted by Crippen LogP contribution is 2.22. The second kappa shape index (κ2) is 5.85. The van der Waals surface area contributed by atoms with E-state index >= 15 is 0 Å². The van der Waals surface area contributed by atoms with Crippen molar-refractivity contribution >= 4 is 16.7 Å². The third-order valence-electron chi connectivity index (χ3n) is 3.55. The summed E-state index contributed by atoms with van der Waals surface area (Å²) >= 11 is 0. The first kappa shape index (κ1) is 14.1. The summed E-state index contributed by atoms with van der Waals surface area (Å²) in [4.78, 5) is 26.6. The van der Waals surface area contributed by atoms with Crippen LogP contribution in [-0.2, 0) is 0 Å². The van der Waals surface area contributed by atoms with Gasteiger partial charge in [-0.15, -0.1) is 0 Å². The number of carbonyl (C=O) groups is 1. The lowest BCUT2D eigenvalue weighted by molar-refractivity contribution is 0.0954. The molecule has 0 aliphatic heterocycles. The number of carbonyl (C=O) groups excluding carboxylic acids is 1. The second-order valence-electron chi connectivity index (χ2n) is 5.04. The summed E-state index contributed by atoms with van der Waals surface area (Å²) < 4.78 is 0. The Kier molecular flexibility index (Phi) is 3.74. The van der Waals surface area contributed by atoms with Gasteiger partial charge in [-0.3, -0.25) is 9.59 Å². The second-order valence-corrected chi connectivity index (χ2v) is 5.04. The maximum Gasteiger partial charge on any atom is 0.261 e. The number of benzene rings is 2. The molecular weight excluding hydrogens is 276 g/mol. The van der Waals surface area contributed by atoms with Gasteiger partial charge in [0.2, 0.25) is 0 Å². The van der Waals surface area contributed by atoms with E-state index in [4.69, 9.17) is 0 Å². The lowest BCUT2D eigenvalue weighted by Crippen LogP contribution is -2.29. The predicted octanol–water partition coefficient (Wildman–Crippen LogP) is 2.94. The third-order valence-corrected chi connectivity index (χ3v) is 3.55. The quantitative estimate of drug-likeness (QED) is 0.779. The maximum absolute atomic E-state index is 12.1. The van der Waals surface area contributed by atoms with E-state index in [0.717, 1.165) is 16.3 Å². The number of rotatable bonds is 3. The van der Waals surface area contributed by atoms with Crippen molar-refractivity contribution in [3.63, 3.8) is 0 Å². The maximum atomic E-state index is 12.1. The highest BCUT2D eigenvalue weighted by Gasteiger charge is 2.10. The molecular formula is C18H16N2O2. The van der Waals surface area contributed by atoms with E-state index in [2.05, 4.69) is 10.3 Å². The molecule has 3 rings (SSSR count). The summed E-state index contributed by atoms with van der Waals surface area (Å²) in [6.45, 7) is 2.31. The van der Waals surface area contributed by atoms with E-state index in [9.17, 15) is 9.59 Å². The Morgan fingerprint density at radius 2 is 1.82 bits per heavy atom. The molecule has 1 amide bonds. The van der Waals surface area contributed by atoms with Crippen molar-refractivity contribution < 1.29 is 4.79 Å². The lowest BCUT2D eigenvalue weighted by atomic mass is 10.0. The van der Waals surface area contributed by atoms with Gasteiger partial charge in [-0.05, 0) is 41.5 Å². The number of nitrogens with one attached hydrogen (secondary N) is 2. The van der Waals surface area contributed by atoms with Gasteiger partial charge in [-0.1, -0.05) is 36.4 Å². The highest BCUT2D eigenvalue weighted by atomic mass is 16.2. The Labute approximate surface area is 127 Å². The molecule has 0 bridgehead atoms. The molecule has 0 spiro atoms. The first-order valence-corrected chi connectivity index (χ1v) is 7.19. The summed E-state index contributed by atoms with van der Waals surface area (Å²) in [5.41, 5.74) is 1.37. The Morgan fingerprint density at radius 1 is 1.05 bits per heavy atom. The van der Waals surface area contributed by atoms with Crippen LogP contribution in [0.15, 0.2) is 59.4 Å². The minimum atomic E-state index is -0.378. The van der Waals surface area contributed by atoms with Crippen molar-refractivity contribution in [1.82, 2.24) is 10.3 Å². The van der Waals surface area contributed by atoms with Crippen molar-refractivity contribution in [2.24, 2.45) is 0 Å². The molecule has 22 heavy (non-hydrogen) atoms. The van der Waals surface area contributed by atoms with Crippen molar-refractivity contribution in [3.8, 4) is 11.3 Å². The molecule has 0 saturated carbocycles. The fraction of sp³-hybridized carbons (Fsp3) is 0.111. The Balaban J connectivity index is 2.02. The molecule has 1 heterocycles. The zero-order valence-electron chi connectivity index (χ0n) is 12.2. The average molecular weight is 292 g/mol. The van der Waals surface area contributed by atoms with Crippen LogP contribution >= 0.6 is 0 Å². The Bertz CT molecular complexity index is 897. The molecule has 0 aliphatic carbocycles. The van der Waals surface area contributed by atoms with Crippen LogP contribution in [0.4, 0.5) is 0 Å². The van der Waals surface area contributed by atoms with Crippen LogP contribution in [0.1, 0.15) is 17.3 Å². The van der Waals surface area contributed by atoms with Gasteiger partial charge in [-0.25, -0.2) is 0 Å². The molecule has 0 fully saturated rings. The van der Waals surface area contributed by atoms with Crippen LogP contribution in [0.5, 0.6) is 0 Å². The van der Waals surface area contributed by atoms with Crippen LogP contribution < -0.4 is 10.9 Å². The zero-order chi connectivity index (χ0) is 15.5. The largest absolute Gasteiger partial charge is 0.352 e. The molecule has 0 atom stereocenters. The summed E-state index contributed by atoms with van der Waals surface area (Å²) in [7, 11) is 0. The Hall–Kier alpha value is -2.88. The predicted molar refractivity (Wildman–Crippen MR) is 88.0 cm³/mol. The first-order valence-electron chi connectivity index (χ1n) is 7.19. The van der Waals surface area contributed by atoms with E-state index in [-0.39, 0.29) is 17.0 Å². The standard InChI is InChI=1S/C18H16N2O2/c1-2-19-17(21)15-9-10-16(20-18(15)22)14-8-7-12-5-3-4-6-13(12)11-14/h3-11H,2H2,1H3,(H,19,21)(H,20,22). The number of hydrogen-bond donors (Lipinski definition) is 2. The van der Waals surface area contributed by atoms with E-state index in [1.165, 1.54) is 0 Å². The number of hydrogen-bond acceptors (Lipinski definition) is 2. The SMILES string of the molecule is CCNC(=O)c1ccc(-c2ccc3ccccc3c2)[nH]c1=O. The molecule has 110 valence electrons. The van der Waals surface area contributed by atoms with Gasteiger partial charge >= 0.3 is 0 Å². The topological polar surface area (TPSA) is 62.0 Å². The molecule has 0 unspecified atom stereocenters. The molecule has 1 aromatic heterocycles.